The number of H-pyrrole nitrogens is 1. The van der Waals surface area contributed by atoms with Gasteiger partial charge in [-0.1, -0.05) is 45.0 Å². The van der Waals surface area contributed by atoms with Gasteiger partial charge >= 0.3 is 6.03 Å². The van der Waals surface area contributed by atoms with Crippen LogP contribution in [0.2, 0.25) is 0 Å². The first-order valence-electron chi connectivity index (χ1n) is 14.6. The lowest BCUT2D eigenvalue weighted by Crippen LogP contribution is -2.60. The summed E-state index contributed by atoms with van der Waals surface area (Å²) in [5.41, 5.74) is 4.18. The maximum atomic E-state index is 14.2. The zero-order valence-electron chi connectivity index (χ0n) is 23.9. The fourth-order valence-corrected chi connectivity index (χ4v) is 7.05. The number of aromatic amines is 1. The summed E-state index contributed by atoms with van der Waals surface area (Å²) in [4.78, 5) is 46.6. The Morgan fingerprint density at radius 1 is 1.10 bits per heavy atom. The number of hydrogen-bond donors (Lipinski definition) is 3. The summed E-state index contributed by atoms with van der Waals surface area (Å²) in [7, 11) is 0. The van der Waals surface area contributed by atoms with E-state index in [1.54, 1.807) is 4.90 Å². The molecule has 0 bridgehead atoms. The first-order valence-corrected chi connectivity index (χ1v) is 14.6. The van der Waals surface area contributed by atoms with Crippen molar-refractivity contribution >= 4 is 34.4 Å². The van der Waals surface area contributed by atoms with Crippen LogP contribution in [0.3, 0.4) is 0 Å². The molecule has 3 atom stereocenters. The minimum absolute atomic E-state index is 0.00482. The fraction of sp³-hybridized carbons (Fsp3) is 0.484. The van der Waals surface area contributed by atoms with E-state index in [2.05, 4.69) is 58.6 Å². The summed E-state index contributed by atoms with van der Waals surface area (Å²) in [6.45, 7) is 9.70. The summed E-state index contributed by atoms with van der Waals surface area (Å²) >= 11 is 0. The maximum Gasteiger partial charge on any atom is 0.318 e. The van der Waals surface area contributed by atoms with E-state index < -0.39 is 5.54 Å². The van der Waals surface area contributed by atoms with Gasteiger partial charge in [0.2, 0.25) is 11.8 Å². The number of para-hydroxylation sites is 1. The van der Waals surface area contributed by atoms with E-state index in [-0.39, 0.29) is 35.2 Å². The molecular weight excluding hydrogens is 518 g/mol. The molecule has 1 aromatic heterocycles. The SMILES string of the molecule is CC(C)(C)CN1Cc2c(ccc3[nH]ncc23)[C@H]2CC2(NC(=O)N2CCN(C3Cc4ccccc4NC3=O)CC2)C1=O. The molecule has 3 aliphatic heterocycles. The number of piperazine rings is 1. The number of benzene rings is 2. The normalized spacial score (nSPS) is 26.1. The van der Waals surface area contributed by atoms with Gasteiger partial charge in [-0.2, -0.15) is 5.10 Å². The molecule has 214 valence electrons. The van der Waals surface area contributed by atoms with Gasteiger partial charge in [0.25, 0.3) is 0 Å². The molecule has 3 aromatic rings. The maximum absolute atomic E-state index is 14.2. The first-order chi connectivity index (χ1) is 19.6. The molecule has 1 saturated heterocycles. The van der Waals surface area contributed by atoms with Crippen molar-refractivity contribution < 1.29 is 14.4 Å². The molecule has 2 aromatic carbocycles. The van der Waals surface area contributed by atoms with Gasteiger partial charge in [0.05, 0.1) is 17.8 Å². The summed E-state index contributed by atoms with van der Waals surface area (Å²) in [6.07, 6.45) is 3.10. The first kappa shape index (κ1) is 26.0. The van der Waals surface area contributed by atoms with Gasteiger partial charge in [0, 0.05) is 56.3 Å². The molecule has 0 spiro atoms. The van der Waals surface area contributed by atoms with Crippen molar-refractivity contribution in [2.75, 3.05) is 38.0 Å². The molecule has 10 heteroatoms. The van der Waals surface area contributed by atoms with E-state index in [1.165, 1.54) is 0 Å². The van der Waals surface area contributed by atoms with Crippen LogP contribution in [0.4, 0.5) is 10.5 Å². The highest BCUT2D eigenvalue weighted by atomic mass is 16.2. The number of nitrogens with one attached hydrogen (secondary N) is 3. The smallest absolute Gasteiger partial charge is 0.318 e. The summed E-state index contributed by atoms with van der Waals surface area (Å²) in [5.74, 6) is -0.0602. The van der Waals surface area contributed by atoms with Gasteiger partial charge in [-0.15, -0.1) is 0 Å². The molecule has 41 heavy (non-hydrogen) atoms. The number of rotatable bonds is 3. The third-order valence-corrected chi connectivity index (χ3v) is 9.15. The Morgan fingerprint density at radius 3 is 2.66 bits per heavy atom. The van der Waals surface area contributed by atoms with Crippen LogP contribution in [-0.2, 0) is 22.6 Å². The number of aromatic nitrogens is 2. The van der Waals surface area contributed by atoms with Crippen LogP contribution in [0.25, 0.3) is 10.9 Å². The Labute approximate surface area is 239 Å². The van der Waals surface area contributed by atoms with Crippen LogP contribution in [0, 0.1) is 5.41 Å². The summed E-state index contributed by atoms with van der Waals surface area (Å²) in [5, 5.41) is 14.6. The van der Waals surface area contributed by atoms with Crippen molar-refractivity contribution in [1.29, 1.82) is 0 Å². The van der Waals surface area contributed by atoms with E-state index in [9.17, 15) is 14.4 Å². The van der Waals surface area contributed by atoms with Gasteiger partial charge < -0.3 is 20.4 Å². The predicted octanol–water partition coefficient (Wildman–Crippen LogP) is 3.07. The number of anilines is 1. The number of urea groups is 1. The topological polar surface area (TPSA) is 114 Å². The van der Waals surface area contributed by atoms with Crippen molar-refractivity contribution in [2.24, 2.45) is 5.41 Å². The largest absolute Gasteiger partial charge is 0.336 e. The highest BCUT2D eigenvalue weighted by Crippen LogP contribution is 2.56. The van der Waals surface area contributed by atoms with Gasteiger partial charge in [0.15, 0.2) is 0 Å². The van der Waals surface area contributed by atoms with Crippen molar-refractivity contribution in [2.45, 2.75) is 57.7 Å². The monoisotopic (exact) mass is 555 g/mol. The molecule has 1 saturated carbocycles. The molecule has 0 radical (unpaired) electrons. The van der Waals surface area contributed by atoms with Crippen molar-refractivity contribution in [1.82, 2.24) is 30.2 Å². The van der Waals surface area contributed by atoms with Crippen LogP contribution < -0.4 is 10.6 Å². The molecule has 2 fully saturated rings. The van der Waals surface area contributed by atoms with Crippen LogP contribution in [-0.4, -0.2) is 87.0 Å². The third-order valence-electron chi connectivity index (χ3n) is 9.15. The van der Waals surface area contributed by atoms with Crippen molar-refractivity contribution in [3.8, 4) is 0 Å². The fourth-order valence-electron chi connectivity index (χ4n) is 7.05. The predicted molar refractivity (Wildman–Crippen MR) is 155 cm³/mol. The standard InChI is InChI=1S/C31H37N7O3/c1-30(2,3)18-38-17-22-20(8-9-25-21(22)16-32-35-25)23-15-31(23,28(38)40)34-29(41)37-12-10-36(11-13-37)26-14-19-6-4-5-7-24(19)33-27(26)39/h4-9,16,23,26H,10-15,17-18H2,1-3H3,(H,32,35)(H,33,39)(H,34,41)/t23-,26?,31?/m1/s1. The Hall–Kier alpha value is -3.92. The van der Waals surface area contributed by atoms with Gasteiger partial charge in [0.1, 0.15) is 5.54 Å². The number of nitrogens with zero attached hydrogens (tertiary/aromatic N) is 4. The van der Waals surface area contributed by atoms with E-state index in [0.717, 1.165) is 33.3 Å². The number of amides is 4. The van der Waals surface area contributed by atoms with Crippen LogP contribution in [0.15, 0.2) is 42.6 Å². The molecule has 4 amide bonds. The summed E-state index contributed by atoms with van der Waals surface area (Å²) < 4.78 is 0. The Kier molecular flexibility index (Phi) is 5.90. The highest BCUT2D eigenvalue weighted by molar-refractivity contribution is 5.99. The Balaban J connectivity index is 1.08. The van der Waals surface area contributed by atoms with E-state index in [1.807, 2.05) is 35.4 Å². The van der Waals surface area contributed by atoms with Gasteiger partial charge in [-0.25, -0.2) is 4.79 Å². The van der Waals surface area contributed by atoms with Gasteiger partial charge in [-0.05, 0) is 47.1 Å². The second-order valence-corrected chi connectivity index (χ2v) is 13.2. The molecular formula is C31H37N7O3. The molecule has 3 N–H and O–H groups in total. The van der Waals surface area contributed by atoms with E-state index in [4.69, 9.17) is 0 Å². The minimum Gasteiger partial charge on any atom is -0.336 e. The second-order valence-electron chi connectivity index (χ2n) is 13.2. The molecule has 4 heterocycles. The molecule has 2 unspecified atom stereocenters. The van der Waals surface area contributed by atoms with Crippen molar-refractivity contribution in [3.05, 3.63) is 59.3 Å². The lowest BCUT2D eigenvalue weighted by atomic mass is 9.95. The van der Waals surface area contributed by atoms with E-state index >= 15 is 0 Å². The van der Waals surface area contributed by atoms with E-state index in [0.29, 0.717) is 52.1 Å². The highest BCUT2D eigenvalue weighted by Gasteiger charge is 2.65. The number of carbonyl (C=O) groups excluding carboxylic acids is 3. The van der Waals surface area contributed by atoms with Crippen molar-refractivity contribution in [3.63, 3.8) is 0 Å². The van der Waals surface area contributed by atoms with Crippen LogP contribution >= 0.6 is 0 Å². The molecule has 7 rings (SSSR count). The average Bonchev–Trinajstić information content (AvgIpc) is 3.47. The molecule has 1 aliphatic carbocycles. The number of carbonyl (C=O) groups is 3. The summed E-state index contributed by atoms with van der Waals surface area (Å²) in [6, 6.07) is 11.6. The van der Waals surface area contributed by atoms with Crippen LogP contribution in [0.5, 0.6) is 0 Å². The molecule has 4 aliphatic rings. The quantitative estimate of drug-likeness (QED) is 0.460. The number of fused-ring (bicyclic) bond motifs is 6. The Bertz CT molecular complexity index is 1550. The average molecular weight is 556 g/mol. The Morgan fingerprint density at radius 2 is 1.88 bits per heavy atom. The minimum atomic E-state index is -0.935. The van der Waals surface area contributed by atoms with Crippen LogP contribution in [0.1, 0.15) is 49.8 Å². The number of hydrogen-bond acceptors (Lipinski definition) is 5. The third kappa shape index (κ3) is 4.45. The molecule has 10 nitrogen and oxygen atoms in total. The second kappa shape index (κ2) is 9.30. The zero-order chi connectivity index (χ0) is 28.5. The lowest BCUT2D eigenvalue weighted by molar-refractivity contribution is -0.136. The van der Waals surface area contributed by atoms with Gasteiger partial charge in [-0.3, -0.25) is 19.6 Å². The zero-order valence-corrected chi connectivity index (χ0v) is 23.9. The lowest BCUT2D eigenvalue weighted by Gasteiger charge is -2.40.